The molecule has 2 N–H and O–H groups in total. The van der Waals surface area contributed by atoms with Crippen LogP contribution < -0.4 is 16.2 Å². The number of aromatic nitrogens is 9. The Hall–Kier alpha value is -3.71. The molecule has 32 heavy (non-hydrogen) atoms. The topological polar surface area (TPSA) is 137 Å². The Bertz CT molecular complexity index is 1510. The summed E-state index contributed by atoms with van der Waals surface area (Å²) in [5.41, 5.74) is 5.85. The summed E-state index contributed by atoms with van der Waals surface area (Å²) >= 11 is 6.26. The Labute approximate surface area is 191 Å². The molecule has 0 radical (unpaired) electrons. The first-order chi connectivity index (χ1) is 15.1. The van der Waals surface area contributed by atoms with Crippen molar-refractivity contribution in [1.29, 1.82) is 0 Å². The monoisotopic (exact) mass is 469 g/mol. The van der Waals surface area contributed by atoms with E-state index in [9.17, 15) is 4.79 Å². The van der Waals surface area contributed by atoms with Crippen LogP contribution in [-0.2, 0) is 0 Å². The zero-order valence-electron chi connectivity index (χ0n) is 16.4. The van der Waals surface area contributed by atoms with Gasteiger partial charge in [0.2, 0.25) is 11.9 Å². The van der Waals surface area contributed by atoms with Crippen LogP contribution in [0.2, 0.25) is 5.02 Å². The van der Waals surface area contributed by atoms with E-state index in [1.54, 1.807) is 30.6 Å². The molecule has 6 rings (SSSR count). The van der Waals surface area contributed by atoms with Gasteiger partial charge >= 0.3 is 0 Å². The maximum Gasteiger partial charge on any atom is 0.285 e. The van der Waals surface area contributed by atoms with E-state index < -0.39 is 0 Å². The Balaban J connectivity index is 0.00000216. The highest BCUT2D eigenvalue weighted by molar-refractivity contribution is 7.59. The third kappa shape index (κ3) is 2.89. The van der Waals surface area contributed by atoms with Gasteiger partial charge in [0.25, 0.3) is 11.3 Å². The highest BCUT2D eigenvalue weighted by Crippen LogP contribution is 2.36. The highest BCUT2D eigenvalue weighted by Gasteiger charge is 2.37. The average Bonchev–Trinajstić information content (AvgIpc) is 3.35. The van der Waals surface area contributed by atoms with Crippen LogP contribution in [-0.4, -0.2) is 50.3 Å². The zero-order chi connectivity index (χ0) is 21.1. The minimum atomic E-state index is -0.307. The van der Waals surface area contributed by atoms with Gasteiger partial charge in [-0.2, -0.15) is 43.2 Å². The summed E-state index contributed by atoms with van der Waals surface area (Å²) in [6.07, 6.45) is 5.41. The second kappa shape index (κ2) is 7.46. The second-order valence-electron chi connectivity index (χ2n) is 7.00. The molecule has 0 amide bonds. The largest absolute Gasteiger partial charge is 0.368 e. The smallest absolute Gasteiger partial charge is 0.285 e. The zero-order valence-corrected chi connectivity index (χ0v) is 18.1. The third-order valence-electron chi connectivity index (χ3n) is 5.26. The summed E-state index contributed by atoms with van der Waals surface area (Å²) in [5, 5.41) is 9.24. The Morgan fingerprint density at radius 2 is 2.03 bits per heavy atom. The normalized spacial score (nSPS) is 15.7. The standard InChI is InChI=1S/C18H14ClN11O.H2S/c19-10-4-8-28-13(10)15(31)29(12-3-1-2-6-21-12)14(26-28)11-5-7-27(11)18-25-16(20)24-17-22-9-23-30(17)18;/h1-4,6,8-9,11H,5,7H2,(H2,20,22,23,24);1H2/t11-;/m0./s1. The lowest BCUT2D eigenvalue weighted by atomic mass is 10.0. The number of pyridine rings is 1. The molecule has 1 fully saturated rings. The van der Waals surface area contributed by atoms with Crippen molar-refractivity contribution in [3.63, 3.8) is 0 Å². The molecule has 0 aromatic carbocycles. The van der Waals surface area contributed by atoms with Gasteiger partial charge in [-0.25, -0.2) is 14.1 Å². The third-order valence-corrected chi connectivity index (χ3v) is 5.57. The van der Waals surface area contributed by atoms with E-state index in [4.69, 9.17) is 22.4 Å². The minimum Gasteiger partial charge on any atom is -0.368 e. The van der Waals surface area contributed by atoms with Gasteiger partial charge in [0, 0.05) is 18.9 Å². The lowest BCUT2D eigenvalue weighted by Gasteiger charge is -2.41. The minimum absolute atomic E-state index is 0. The number of nitrogen functional groups attached to an aromatic ring is 1. The summed E-state index contributed by atoms with van der Waals surface area (Å²) < 4.78 is 4.49. The summed E-state index contributed by atoms with van der Waals surface area (Å²) in [7, 11) is 0. The molecule has 162 valence electrons. The van der Waals surface area contributed by atoms with Crippen LogP contribution in [0.3, 0.4) is 0 Å². The molecule has 0 aliphatic carbocycles. The van der Waals surface area contributed by atoms with E-state index in [0.29, 0.717) is 34.9 Å². The maximum absolute atomic E-state index is 13.4. The van der Waals surface area contributed by atoms with Crippen LogP contribution in [0.4, 0.5) is 11.9 Å². The fourth-order valence-electron chi connectivity index (χ4n) is 3.78. The number of halogens is 1. The van der Waals surface area contributed by atoms with Crippen LogP contribution in [0.1, 0.15) is 18.3 Å². The first kappa shape index (κ1) is 20.2. The summed E-state index contributed by atoms with van der Waals surface area (Å²) in [6.45, 7) is 0.665. The predicted octanol–water partition coefficient (Wildman–Crippen LogP) is 1.01. The molecule has 0 bridgehead atoms. The molecule has 1 aliphatic heterocycles. The maximum atomic E-state index is 13.4. The molecule has 1 saturated heterocycles. The number of nitrogens with two attached hydrogens (primary N) is 1. The molecular formula is C18H16ClN11OS. The van der Waals surface area contributed by atoms with E-state index in [-0.39, 0.29) is 36.6 Å². The van der Waals surface area contributed by atoms with Crippen LogP contribution in [0.25, 0.3) is 17.1 Å². The van der Waals surface area contributed by atoms with Gasteiger partial charge < -0.3 is 10.6 Å². The van der Waals surface area contributed by atoms with Crippen molar-refractivity contribution in [3.8, 4) is 5.82 Å². The van der Waals surface area contributed by atoms with Crippen LogP contribution in [0.15, 0.2) is 47.8 Å². The lowest BCUT2D eigenvalue weighted by Crippen LogP contribution is -2.46. The van der Waals surface area contributed by atoms with Crippen molar-refractivity contribution in [2.75, 3.05) is 17.2 Å². The van der Waals surface area contributed by atoms with E-state index >= 15 is 0 Å². The van der Waals surface area contributed by atoms with Crippen molar-refractivity contribution in [2.45, 2.75) is 12.5 Å². The molecular weight excluding hydrogens is 454 g/mol. The van der Waals surface area contributed by atoms with Gasteiger partial charge in [-0.15, -0.1) is 0 Å². The van der Waals surface area contributed by atoms with Crippen molar-refractivity contribution in [2.24, 2.45) is 0 Å². The summed E-state index contributed by atoms with van der Waals surface area (Å²) in [5.74, 6) is 1.86. The van der Waals surface area contributed by atoms with Gasteiger partial charge in [-0.1, -0.05) is 17.7 Å². The Morgan fingerprint density at radius 3 is 2.78 bits per heavy atom. The van der Waals surface area contributed by atoms with E-state index in [1.807, 2.05) is 11.0 Å². The van der Waals surface area contributed by atoms with Crippen LogP contribution >= 0.6 is 25.1 Å². The van der Waals surface area contributed by atoms with Gasteiger partial charge in [-0.05, 0) is 24.6 Å². The predicted molar refractivity (Wildman–Crippen MR) is 122 cm³/mol. The lowest BCUT2D eigenvalue weighted by molar-refractivity contribution is 0.414. The molecule has 12 nitrogen and oxygen atoms in total. The SMILES string of the molecule is Nc1nc(N2CC[C@H]2c2nn3ccc(Cl)c3c(=O)n2-c2ccccn2)n2ncnc2n1.S. The first-order valence-electron chi connectivity index (χ1n) is 9.43. The average molecular weight is 470 g/mol. The van der Waals surface area contributed by atoms with Gasteiger partial charge in [0.15, 0.2) is 5.82 Å². The Kier molecular flexibility index (Phi) is 4.71. The van der Waals surface area contributed by atoms with Crippen molar-refractivity contribution >= 4 is 48.3 Å². The fraction of sp³-hybridized carbons (Fsp3) is 0.167. The molecule has 1 aliphatic rings. The molecule has 0 spiro atoms. The van der Waals surface area contributed by atoms with Gasteiger partial charge in [0.1, 0.15) is 17.7 Å². The summed E-state index contributed by atoms with van der Waals surface area (Å²) in [4.78, 5) is 32.3. The number of rotatable bonds is 3. The molecule has 1 atom stereocenters. The van der Waals surface area contributed by atoms with Gasteiger partial charge in [0.05, 0.1) is 11.1 Å². The molecule has 6 heterocycles. The van der Waals surface area contributed by atoms with Crippen LogP contribution in [0.5, 0.6) is 0 Å². The van der Waals surface area contributed by atoms with E-state index in [0.717, 1.165) is 6.42 Å². The number of hydrogen-bond donors (Lipinski definition) is 1. The fourth-order valence-corrected chi connectivity index (χ4v) is 4.01. The molecule has 5 aromatic rings. The quantitative estimate of drug-likeness (QED) is 0.410. The number of fused-ring (bicyclic) bond motifs is 2. The molecule has 5 aromatic heterocycles. The number of anilines is 2. The van der Waals surface area contributed by atoms with Crippen LogP contribution in [0, 0.1) is 0 Å². The van der Waals surface area contributed by atoms with E-state index in [2.05, 4.69) is 25.0 Å². The van der Waals surface area contributed by atoms with Crippen molar-refractivity contribution in [1.82, 2.24) is 43.7 Å². The van der Waals surface area contributed by atoms with Crippen molar-refractivity contribution < 1.29 is 0 Å². The highest BCUT2D eigenvalue weighted by atomic mass is 35.5. The Morgan fingerprint density at radius 1 is 1.16 bits per heavy atom. The molecule has 14 heteroatoms. The number of nitrogens with zero attached hydrogens (tertiary/aromatic N) is 10. The second-order valence-corrected chi connectivity index (χ2v) is 7.40. The van der Waals surface area contributed by atoms with Crippen molar-refractivity contribution in [3.05, 3.63) is 64.2 Å². The first-order valence-corrected chi connectivity index (χ1v) is 9.81. The van der Waals surface area contributed by atoms with Gasteiger partial charge in [-0.3, -0.25) is 4.79 Å². The van der Waals surface area contributed by atoms with E-state index in [1.165, 1.54) is 19.9 Å². The number of hydrogen-bond acceptors (Lipinski definition) is 9. The summed E-state index contributed by atoms with van der Waals surface area (Å²) in [6, 6.07) is 6.71. The molecule has 0 saturated carbocycles. The molecule has 0 unspecified atom stereocenters.